The lowest BCUT2D eigenvalue weighted by atomic mass is 10.0. The van der Waals surface area contributed by atoms with E-state index >= 15 is 0 Å². The smallest absolute Gasteiger partial charge is 0.220 e. The second kappa shape index (κ2) is 54.9. The second-order valence-corrected chi connectivity index (χ2v) is 19.7. The molecule has 0 spiro atoms. The van der Waals surface area contributed by atoms with Crippen molar-refractivity contribution in [1.82, 2.24) is 5.32 Å². The first-order valence-electron chi connectivity index (χ1n) is 28.7. The molecule has 0 aliphatic heterocycles. The van der Waals surface area contributed by atoms with Gasteiger partial charge in [0.2, 0.25) is 5.91 Å². The molecule has 0 aliphatic carbocycles. The normalized spacial score (nSPS) is 13.0. The molecule has 2 atom stereocenters. The van der Waals surface area contributed by atoms with Gasteiger partial charge in [0.25, 0.3) is 0 Å². The molecular formula is C59H113NO3. The molecule has 1 amide bonds. The van der Waals surface area contributed by atoms with Crippen molar-refractivity contribution in [2.75, 3.05) is 6.61 Å². The molecule has 0 fully saturated rings. The van der Waals surface area contributed by atoms with Crippen molar-refractivity contribution in [3.63, 3.8) is 0 Å². The Hall–Kier alpha value is -1.39. The van der Waals surface area contributed by atoms with Crippen LogP contribution in [0.3, 0.4) is 0 Å². The number of rotatable bonds is 53. The van der Waals surface area contributed by atoms with Crippen LogP contribution in [0.1, 0.15) is 316 Å². The molecule has 0 bridgehead atoms. The average Bonchev–Trinajstić information content (AvgIpc) is 3.29. The Morgan fingerprint density at radius 3 is 0.952 bits per heavy atom. The molecular weight excluding hydrogens is 771 g/mol. The van der Waals surface area contributed by atoms with Crippen LogP contribution >= 0.6 is 0 Å². The molecule has 0 aromatic rings. The van der Waals surface area contributed by atoms with Crippen molar-refractivity contribution >= 4 is 5.91 Å². The van der Waals surface area contributed by atoms with Crippen LogP contribution in [0.25, 0.3) is 0 Å². The number of hydrogen-bond donors (Lipinski definition) is 3. The highest BCUT2D eigenvalue weighted by molar-refractivity contribution is 5.76. The fraction of sp³-hybridized carbons (Fsp3) is 0.881. The van der Waals surface area contributed by atoms with E-state index in [0.717, 1.165) is 32.1 Å². The quantitative estimate of drug-likeness (QED) is 0.0421. The number of unbranched alkanes of at least 4 members (excludes halogenated alkanes) is 42. The van der Waals surface area contributed by atoms with Crippen LogP contribution in [-0.4, -0.2) is 34.9 Å². The van der Waals surface area contributed by atoms with Gasteiger partial charge in [0.15, 0.2) is 0 Å². The third kappa shape index (κ3) is 51.5. The molecule has 0 aliphatic rings. The van der Waals surface area contributed by atoms with Crippen molar-refractivity contribution in [1.29, 1.82) is 0 Å². The second-order valence-electron chi connectivity index (χ2n) is 19.7. The fourth-order valence-corrected chi connectivity index (χ4v) is 8.98. The van der Waals surface area contributed by atoms with Gasteiger partial charge in [-0.2, -0.15) is 0 Å². The van der Waals surface area contributed by atoms with E-state index in [2.05, 4.69) is 43.5 Å². The van der Waals surface area contributed by atoms with E-state index < -0.39 is 12.1 Å². The van der Waals surface area contributed by atoms with Crippen LogP contribution in [0.4, 0.5) is 0 Å². The predicted molar refractivity (Wildman–Crippen MR) is 281 cm³/mol. The van der Waals surface area contributed by atoms with Crippen molar-refractivity contribution in [3.8, 4) is 0 Å². The zero-order valence-electron chi connectivity index (χ0n) is 42.9. The maximum absolute atomic E-state index is 12.5. The van der Waals surface area contributed by atoms with Gasteiger partial charge in [-0.05, 0) is 51.4 Å². The predicted octanol–water partition coefficient (Wildman–Crippen LogP) is 18.9. The number of hydrogen-bond acceptors (Lipinski definition) is 3. The molecule has 0 heterocycles. The van der Waals surface area contributed by atoms with E-state index in [4.69, 9.17) is 0 Å². The summed E-state index contributed by atoms with van der Waals surface area (Å²) in [5, 5.41) is 23.2. The number of aliphatic hydroxyl groups excluding tert-OH is 2. The summed E-state index contributed by atoms with van der Waals surface area (Å²) in [6, 6.07) is -0.621. The number of nitrogens with one attached hydrogen (secondary N) is 1. The van der Waals surface area contributed by atoms with Gasteiger partial charge in [-0.15, -0.1) is 0 Å². The van der Waals surface area contributed by atoms with Gasteiger partial charge in [-0.3, -0.25) is 4.79 Å². The van der Waals surface area contributed by atoms with Crippen LogP contribution in [-0.2, 0) is 4.79 Å². The van der Waals surface area contributed by atoms with Crippen molar-refractivity contribution < 1.29 is 15.0 Å². The first-order chi connectivity index (χ1) is 31.2. The highest BCUT2D eigenvalue weighted by Crippen LogP contribution is 2.17. The zero-order chi connectivity index (χ0) is 45.6. The van der Waals surface area contributed by atoms with Crippen molar-refractivity contribution in [2.24, 2.45) is 0 Å². The molecule has 3 N–H and O–H groups in total. The summed E-state index contributed by atoms with van der Waals surface area (Å²) in [7, 11) is 0. The number of allylic oxidation sites excluding steroid dienone is 5. The Morgan fingerprint density at radius 2 is 0.651 bits per heavy atom. The lowest BCUT2D eigenvalue weighted by Crippen LogP contribution is -2.45. The maximum Gasteiger partial charge on any atom is 0.220 e. The summed E-state index contributed by atoms with van der Waals surface area (Å²) in [6.07, 6.45) is 74.5. The van der Waals surface area contributed by atoms with Crippen LogP contribution < -0.4 is 5.32 Å². The third-order valence-corrected chi connectivity index (χ3v) is 13.4. The standard InChI is InChI=1S/C59H113NO3/c1-3-5-7-9-11-13-15-17-19-21-23-25-27-28-29-30-31-32-33-35-37-39-41-43-45-47-49-51-53-55-59(63)60-57(56-61)58(62)54-52-50-48-46-44-42-40-38-36-34-26-24-22-20-18-16-14-12-10-8-6-4-2/h15,17,21,23,52,54,57-58,61-62H,3-14,16,18-20,22,24-51,53,55-56H2,1-2H3,(H,60,63)/b17-15-,23-21-,54-52+. The lowest BCUT2D eigenvalue weighted by Gasteiger charge is -2.20. The zero-order valence-corrected chi connectivity index (χ0v) is 42.9. The first kappa shape index (κ1) is 61.6. The Balaban J connectivity index is 3.47. The third-order valence-electron chi connectivity index (χ3n) is 13.4. The molecule has 63 heavy (non-hydrogen) atoms. The minimum atomic E-state index is -0.839. The molecule has 4 heteroatoms. The summed E-state index contributed by atoms with van der Waals surface area (Å²) in [5.41, 5.74) is 0. The minimum Gasteiger partial charge on any atom is -0.394 e. The summed E-state index contributed by atoms with van der Waals surface area (Å²) in [6.45, 7) is 4.33. The van der Waals surface area contributed by atoms with E-state index in [1.54, 1.807) is 6.08 Å². The summed E-state index contributed by atoms with van der Waals surface area (Å²) < 4.78 is 0. The molecule has 4 nitrogen and oxygen atoms in total. The van der Waals surface area contributed by atoms with Crippen LogP contribution in [0.15, 0.2) is 36.5 Å². The Labute approximate surface area is 395 Å². The molecule has 0 saturated carbocycles. The molecule has 0 aromatic heterocycles. The molecule has 0 radical (unpaired) electrons. The number of carbonyl (C=O) groups is 1. The molecule has 0 aromatic carbocycles. The molecule has 372 valence electrons. The first-order valence-corrected chi connectivity index (χ1v) is 28.7. The van der Waals surface area contributed by atoms with E-state index in [0.29, 0.717) is 6.42 Å². The van der Waals surface area contributed by atoms with Gasteiger partial charge in [0.1, 0.15) is 0 Å². The average molecular weight is 885 g/mol. The molecule has 0 saturated heterocycles. The largest absolute Gasteiger partial charge is 0.394 e. The summed E-state index contributed by atoms with van der Waals surface area (Å²) in [5.74, 6) is -0.0588. The SMILES string of the molecule is CCCCCCC/C=C\C/C=C\CCCCCCCCCCCCCCCCCCCC(=O)NC(CO)C(O)/C=C/CCCCCCCCCCCCCCCCCCCCCC. The van der Waals surface area contributed by atoms with Crippen LogP contribution in [0.5, 0.6) is 0 Å². The van der Waals surface area contributed by atoms with Crippen LogP contribution in [0, 0.1) is 0 Å². The van der Waals surface area contributed by atoms with Gasteiger partial charge in [-0.25, -0.2) is 0 Å². The highest BCUT2D eigenvalue weighted by atomic mass is 16.3. The molecule has 2 unspecified atom stereocenters. The number of amides is 1. The van der Waals surface area contributed by atoms with Crippen molar-refractivity contribution in [3.05, 3.63) is 36.5 Å². The Bertz CT molecular complexity index is 958. The molecule has 0 rings (SSSR count). The lowest BCUT2D eigenvalue weighted by molar-refractivity contribution is -0.123. The fourth-order valence-electron chi connectivity index (χ4n) is 8.98. The monoisotopic (exact) mass is 884 g/mol. The maximum atomic E-state index is 12.5. The van der Waals surface area contributed by atoms with E-state index in [9.17, 15) is 15.0 Å². The Morgan fingerprint density at radius 1 is 0.381 bits per heavy atom. The van der Waals surface area contributed by atoms with E-state index in [1.807, 2.05) is 6.08 Å². The Kier molecular flexibility index (Phi) is 53.7. The van der Waals surface area contributed by atoms with Gasteiger partial charge in [-0.1, -0.05) is 294 Å². The van der Waals surface area contributed by atoms with E-state index in [1.165, 1.54) is 263 Å². The van der Waals surface area contributed by atoms with Gasteiger partial charge >= 0.3 is 0 Å². The van der Waals surface area contributed by atoms with Gasteiger partial charge in [0.05, 0.1) is 18.8 Å². The van der Waals surface area contributed by atoms with E-state index in [-0.39, 0.29) is 12.5 Å². The summed E-state index contributed by atoms with van der Waals surface area (Å²) >= 11 is 0. The van der Waals surface area contributed by atoms with Gasteiger partial charge < -0.3 is 15.5 Å². The number of carbonyl (C=O) groups excluding carboxylic acids is 1. The number of aliphatic hydroxyl groups is 2. The topological polar surface area (TPSA) is 69.6 Å². The van der Waals surface area contributed by atoms with Crippen LogP contribution in [0.2, 0.25) is 0 Å². The van der Waals surface area contributed by atoms with Crippen molar-refractivity contribution in [2.45, 2.75) is 328 Å². The highest BCUT2D eigenvalue weighted by Gasteiger charge is 2.18. The van der Waals surface area contributed by atoms with Gasteiger partial charge in [0, 0.05) is 6.42 Å². The minimum absolute atomic E-state index is 0.0588. The summed E-state index contributed by atoms with van der Waals surface area (Å²) in [4.78, 5) is 12.5.